The Bertz CT molecular complexity index is 1040. The zero-order valence-corrected chi connectivity index (χ0v) is 24.9. The van der Waals surface area contributed by atoms with Crippen molar-refractivity contribution in [3.8, 4) is 34.1 Å². The van der Waals surface area contributed by atoms with Gasteiger partial charge in [-0.1, -0.05) is 95.2 Å². The van der Waals surface area contributed by atoms with E-state index < -0.39 is 0 Å². The minimum absolute atomic E-state index is 0.754. The van der Waals surface area contributed by atoms with Gasteiger partial charge in [0.1, 0.15) is 17.2 Å². The highest BCUT2D eigenvalue weighted by Gasteiger charge is 2.09. The van der Waals surface area contributed by atoms with Crippen LogP contribution < -0.4 is 9.47 Å². The summed E-state index contributed by atoms with van der Waals surface area (Å²) in [6.07, 6.45) is 22.5. The third kappa shape index (κ3) is 12.4. The first-order valence-corrected chi connectivity index (χ1v) is 15.8. The summed E-state index contributed by atoms with van der Waals surface area (Å²) in [7, 11) is 0. The Morgan fingerprint density at radius 2 is 1.10 bits per heavy atom. The molecule has 3 rings (SSSR count). The highest BCUT2D eigenvalue weighted by molar-refractivity contribution is 5.67. The van der Waals surface area contributed by atoms with Gasteiger partial charge in [0, 0.05) is 17.2 Å². The predicted octanol–water partition coefficient (Wildman–Crippen LogP) is 11.2. The number of unbranched alkanes of at least 4 members (excludes halogenated alkanes) is 14. The highest BCUT2D eigenvalue weighted by atomic mass is 16.5. The lowest BCUT2D eigenvalue weighted by Gasteiger charge is -2.07. The summed E-state index contributed by atoms with van der Waals surface area (Å²) in [6, 6.07) is 18.2. The number of nitrogens with zero attached hydrogens (tertiary/aromatic N) is 1. The summed E-state index contributed by atoms with van der Waals surface area (Å²) >= 11 is 0. The predicted molar refractivity (Wildman–Crippen MR) is 168 cm³/mol. The van der Waals surface area contributed by atoms with Crippen molar-refractivity contribution in [2.75, 3.05) is 13.2 Å². The molecule has 0 saturated heterocycles. The highest BCUT2D eigenvalue weighted by Crippen LogP contribution is 2.28. The van der Waals surface area contributed by atoms with Crippen LogP contribution >= 0.6 is 0 Å². The van der Waals surface area contributed by atoms with E-state index in [-0.39, 0.29) is 0 Å². The average molecular weight is 546 g/mol. The smallest absolute Gasteiger partial charge is 0.167 e. The van der Waals surface area contributed by atoms with Crippen molar-refractivity contribution in [1.82, 2.24) is 5.16 Å². The van der Waals surface area contributed by atoms with E-state index in [0.29, 0.717) is 0 Å². The van der Waals surface area contributed by atoms with E-state index in [4.69, 9.17) is 14.0 Å². The second-order valence-electron chi connectivity index (χ2n) is 10.8. The van der Waals surface area contributed by atoms with E-state index >= 15 is 0 Å². The first-order chi connectivity index (χ1) is 19.8. The number of hydrogen-bond acceptors (Lipinski definition) is 4. The Labute approximate surface area is 243 Å². The number of allylic oxidation sites excluding steroid dienone is 1. The molecule has 0 radical (unpaired) electrons. The molecule has 0 aliphatic heterocycles. The SMILES string of the molecule is C=CCCCCCCCCCOc1ccc(-c2cc(-c3ccc(OCCCCCCCCCC)cc3)no2)cc1. The van der Waals surface area contributed by atoms with Crippen molar-refractivity contribution in [3.63, 3.8) is 0 Å². The Balaban J connectivity index is 1.32. The van der Waals surface area contributed by atoms with Crippen LogP contribution in [0.5, 0.6) is 11.5 Å². The molecule has 4 nitrogen and oxygen atoms in total. The third-order valence-electron chi connectivity index (χ3n) is 7.39. The molecule has 1 aromatic heterocycles. The van der Waals surface area contributed by atoms with Crippen LogP contribution in [-0.2, 0) is 0 Å². The summed E-state index contributed by atoms with van der Waals surface area (Å²) in [6.45, 7) is 7.59. The molecule has 218 valence electrons. The average Bonchev–Trinajstić information content (AvgIpc) is 3.48. The normalized spacial score (nSPS) is 11.0. The van der Waals surface area contributed by atoms with Crippen molar-refractivity contribution in [2.24, 2.45) is 0 Å². The van der Waals surface area contributed by atoms with E-state index in [9.17, 15) is 0 Å². The molecule has 1 heterocycles. The quantitative estimate of drug-likeness (QED) is 0.0878. The van der Waals surface area contributed by atoms with Gasteiger partial charge in [0.15, 0.2) is 5.76 Å². The van der Waals surface area contributed by atoms with Gasteiger partial charge < -0.3 is 14.0 Å². The van der Waals surface area contributed by atoms with Crippen molar-refractivity contribution >= 4 is 0 Å². The topological polar surface area (TPSA) is 44.5 Å². The van der Waals surface area contributed by atoms with E-state index in [2.05, 4.69) is 18.7 Å². The number of aromatic nitrogens is 1. The number of benzene rings is 2. The van der Waals surface area contributed by atoms with E-state index in [1.54, 1.807) is 0 Å². The zero-order valence-electron chi connectivity index (χ0n) is 24.9. The molecule has 0 amide bonds. The van der Waals surface area contributed by atoms with Crippen LogP contribution in [0.2, 0.25) is 0 Å². The van der Waals surface area contributed by atoms with E-state index in [1.807, 2.05) is 60.7 Å². The van der Waals surface area contributed by atoms with E-state index in [1.165, 1.54) is 83.5 Å². The lowest BCUT2D eigenvalue weighted by atomic mass is 10.1. The first-order valence-electron chi connectivity index (χ1n) is 15.8. The van der Waals surface area contributed by atoms with Crippen LogP contribution in [-0.4, -0.2) is 18.4 Å². The minimum atomic E-state index is 0.754. The largest absolute Gasteiger partial charge is 0.494 e. The number of hydrogen-bond donors (Lipinski definition) is 0. The molecule has 0 atom stereocenters. The Kier molecular flexibility index (Phi) is 15.7. The maximum Gasteiger partial charge on any atom is 0.167 e. The number of rotatable bonds is 23. The van der Waals surface area contributed by atoms with Crippen molar-refractivity contribution < 1.29 is 14.0 Å². The maximum atomic E-state index is 5.94. The Hall–Kier alpha value is -3.01. The summed E-state index contributed by atoms with van der Waals surface area (Å²) in [5.41, 5.74) is 2.84. The summed E-state index contributed by atoms with van der Waals surface area (Å²) in [5.74, 6) is 2.56. The summed E-state index contributed by atoms with van der Waals surface area (Å²) in [4.78, 5) is 0. The molecule has 0 spiro atoms. The molecule has 0 fully saturated rings. The molecule has 0 aliphatic rings. The molecule has 2 aromatic carbocycles. The standard InChI is InChI=1S/C36H51NO3/c1-3-5-7-9-11-13-15-17-19-29-39-34-26-22-32(23-27-34)36-30-35(37-40-36)31-20-24-33(25-21-31)38-28-18-16-14-12-10-8-6-4-2/h3,20-27,30H,1,4-19,28-29H2,2H3. The zero-order chi connectivity index (χ0) is 28.1. The third-order valence-corrected chi connectivity index (χ3v) is 7.39. The second-order valence-corrected chi connectivity index (χ2v) is 10.8. The second kappa shape index (κ2) is 20.0. The minimum Gasteiger partial charge on any atom is -0.494 e. The van der Waals surface area contributed by atoms with Crippen LogP contribution in [0, 0.1) is 0 Å². The van der Waals surface area contributed by atoms with Gasteiger partial charge in [-0.25, -0.2) is 0 Å². The van der Waals surface area contributed by atoms with Gasteiger partial charge in [-0.3, -0.25) is 0 Å². The van der Waals surface area contributed by atoms with E-state index in [0.717, 1.165) is 66.6 Å². The van der Waals surface area contributed by atoms with Crippen molar-refractivity contribution in [3.05, 3.63) is 67.3 Å². The lowest BCUT2D eigenvalue weighted by molar-refractivity contribution is 0.304. The molecule has 0 bridgehead atoms. The molecular formula is C36H51NO3. The van der Waals surface area contributed by atoms with Crippen LogP contribution in [0.15, 0.2) is 71.8 Å². The van der Waals surface area contributed by atoms with Crippen LogP contribution in [0.25, 0.3) is 22.6 Å². The number of ether oxygens (including phenoxy) is 2. The fourth-order valence-corrected chi connectivity index (χ4v) is 4.88. The molecule has 0 aliphatic carbocycles. The Morgan fingerprint density at radius 1 is 0.625 bits per heavy atom. The van der Waals surface area contributed by atoms with Crippen LogP contribution in [0.3, 0.4) is 0 Å². The molecule has 4 heteroatoms. The van der Waals surface area contributed by atoms with Gasteiger partial charge in [0.05, 0.1) is 13.2 Å². The van der Waals surface area contributed by atoms with Crippen molar-refractivity contribution in [2.45, 2.75) is 110 Å². The van der Waals surface area contributed by atoms with Gasteiger partial charge in [0.2, 0.25) is 0 Å². The molecule has 40 heavy (non-hydrogen) atoms. The molecule has 0 saturated carbocycles. The van der Waals surface area contributed by atoms with Gasteiger partial charge in [-0.2, -0.15) is 0 Å². The summed E-state index contributed by atoms with van der Waals surface area (Å²) < 4.78 is 17.5. The lowest BCUT2D eigenvalue weighted by Crippen LogP contribution is -1.97. The fraction of sp³-hybridized carbons (Fsp3) is 0.528. The van der Waals surface area contributed by atoms with Crippen LogP contribution in [0.1, 0.15) is 110 Å². The summed E-state index contributed by atoms with van der Waals surface area (Å²) in [5, 5.41) is 4.29. The fourth-order valence-electron chi connectivity index (χ4n) is 4.88. The van der Waals surface area contributed by atoms with Gasteiger partial charge >= 0.3 is 0 Å². The van der Waals surface area contributed by atoms with Gasteiger partial charge in [-0.15, -0.1) is 6.58 Å². The van der Waals surface area contributed by atoms with Crippen molar-refractivity contribution in [1.29, 1.82) is 0 Å². The maximum absolute atomic E-state index is 5.94. The molecule has 0 unspecified atom stereocenters. The van der Waals surface area contributed by atoms with Gasteiger partial charge in [0.25, 0.3) is 0 Å². The molecule has 3 aromatic rings. The first kappa shape index (κ1) is 31.5. The monoisotopic (exact) mass is 545 g/mol. The molecular weight excluding hydrogens is 494 g/mol. The van der Waals surface area contributed by atoms with Crippen LogP contribution in [0.4, 0.5) is 0 Å². The Morgan fingerprint density at radius 3 is 1.62 bits per heavy atom. The molecule has 0 N–H and O–H groups in total. The van der Waals surface area contributed by atoms with Gasteiger partial charge in [-0.05, 0) is 74.2 Å².